The van der Waals surface area contributed by atoms with Gasteiger partial charge in [0.2, 0.25) is 10.0 Å². The van der Waals surface area contributed by atoms with E-state index in [1.54, 1.807) is 6.92 Å². The first kappa shape index (κ1) is 14.4. The highest BCUT2D eigenvalue weighted by Gasteiger charge is 2.29. The number of hydrogen-bond donors (Lipinski definition) is 1. The molecule has 106 valence electrons. The summed E-state index contributed by atoms with van der Waals surface area (Å²) < 4.78 is 39.8. The molecule has 1 aromatic rings. The molecule has 1 aromatic carbocycles. The van der Waals surface area contributed by atoms with Gasteiger partial charge in [0.15, 0.2) is 0 Å². The van der Waals surface area contributed by atoms with Crippen LogP contribution in [0.5, 0.6) is 0 Å². The lowest BCUT2D eigenvalue weighted by Gasteiger charge is -2.31. The van der Waals surface area contributed by atoms with Crippen molar-refractivity contribution >= 4 is 10.0 Å². The van der Waals surface area contributed by atoms with E-state index in [0.717, 1.165) is 18.9 Å². The van der Waals surface area contributed by atoms with Crippen molar-refractivity contribution in [1.82, 2.24) is 9.62 Å². The number of sulfonamides is 1. The average molecular weight is 286 g/mol. The lowest BCUT2D eigenvalue weighted by atomic mass is 10.1. The van der Waals surface area contributed by atoms with Crippen molar-refractivity contribution in [3.05, 3.63) is 29.6 Å². The predicted molar refractivity (Wildman–Crippen MR) is 72.0 cm³/mol. The molecule has 0 saturated carbocycles. The van der Waals surface area contributed by atoms with Crippen LogP contribution in [-0.2, 0) is 10.0 Å². The van der Waals surface area contributed by atoms with Crippen molar-refractivity contribution in [3.8, 4) is 0 Å². The van der Waals surface area contributed by atoms with Crippen molar-refractivity contribution in [1.29, 1.82) is 0 Å². The molecule has 0 aromatic heterocycles. The van der Waals surface area contributed by atoms with Gasteiger partial charge in [0.1, 0.15) is 5.82 Å². The Hall–Kier alpha value is -0.980. The van der Waals surface area contributed by atoms with Gasteiger partial charge >= 0.3 is 0 Å². The number of benzene rings is 1. The summed E-state index contributed by atoms with van der Waals surface area (Å²) in [6.45, 7) is 2.55. The molecule has 1 fully saturated rings. The van der Waals surface area contributed by atoms with Gasteiger partial charge in [-0.3, -0.25) is 0 Å². The van der Waals surface area contributed by atoms with Gasteiger partial charge in [-0.2, -0.15) is 4.31 Å². The number of nitrogens with zero attached hydrogens (tertiary/aromatic N) is 1. The van der Waals surface area contributed by atoms with E-state index in [1.807, 2.05) is 7.05 Å². The molecule has 0 amide bonds. The highest BCUT2D eigenvalue weighted by atomic mass is 32.2. The highest BCUT2D eigenvalue weighted by Crippen LogP contribution is 2.22. The Balaban J connectivity index is 2.28. The maximum absolute atomic E-state index is 13.5. The Labute approximate surface area is 113 Å². The molecule has 19 heavy (non-hydrogen) atoms. The molecule has 2 rings (SSSR count). The molecule has 0 spiro atoms. The fourth-order valence-corrected chi connectivity index (χ4v) is 3.82. The van der Waals surface area contributed by atoms with E-state index in [-0.39, 0.29) is 10.9 Å². The van der Waals surface area contributed by atoms with Gasteiger partial charge in [0.05, 0.1) is 4.90 Å². The van der Waals surface area contributed by atoms with Crippen LogP contribution in [0.2, 0.25) is 0 Å². The molecule has 0 unspecified atom stereocenters. The standard InChI is InChI=1S/C13H19FN2O2S/c1-10-5-6-12(8-13(10)14)19(17,18)16-7-3-4-11(9-16)15-2/h5-6,8,11,15H,3-4,7,9H2,1-2H3/t11-/m0/s1. The molecular formula is C13H19FN2O2S. The Morgan fingerprint density at radius 1 is 1.42 bits per heavy atom. The minimum atomic E-state index is -3.59. The van der Waals surface area contributed by atoms with E-state index in [4.69, 9.17) is 0 Å². The van der Waals surface area contributed by atoms with Crippen LogP contribution in [0.4, 0.5) is 4.39 Å². The second kappa shape index (κ2) is 5.56. The first-order chi connectivity index (χ1) is 8.95. The van der Waals surface area contributed by atoms with Crippen molar-refractivity contribution in [2.45, 2.75) is 30.7 Å². The number of nitrogens with one attached hydrogen (secondary N) is 1. The van der Waals surface area contributed by atoms with Crippen LogP contribution in [0, 0.1) is 12.7 Å². The van der Waals surface area contributed by atoms with Gasteiger partial charge in [-0.05, 0) is 44.5 Å². The first-order valence-corrected chi connectivity index (χ1v) is 7.82. The summed E-state index contributed by atoms with van der Waals surface area (Å²) in [6, 6.07) is 4.24. The minimum Gasteiger partial charge on any atom is -0.316 e. The molecule has 4 nitrogen and oxygen atoms in total. The Bertz CT molecular complexity index is 560. The minimum absolute atomic E-state index is 0.0346. The molecule has 1 saturated heterocycles. The van der Waals surface area contributed by atoms with Crippen LogP contribution in [0.1, 0.15) is 18.4 Å². The molecule has 6 heteroatoms. The van der Waals surface area contributed by atoms with Gasteiger partial charge in [-0.1, -0.05) is 6.07 Å². The maximum Gasteiger partial charge on any atom is 0.243 e. The van der Waals surface area contributed by atoms with Crippen molar-refractivity contribution in [3.63, 3.8) is 0 Å². The van der Waals surface area contributed by atoms with Crippen molar-refractivity contribution in [2.75, 3.05) is 20.1 Å². The molecule has 1 heterocycles. The van der Waals surface area contributed by atoms with Crippen LogP contribution in [0.25, 0.3) is 0 Å². The summed E-state index contributed by atoms with van der Waals surface area (Å²) in [6.07, 6.45) is 1.78. The van der Waals surface area contributed by atoms with E-state index in [9.17, 15) is 12.8 Å². The molecular weight excluding hydrogens is 267 g/mol. The lowest BCUT2D eigenvalue weighted by molar-refractivity contribution is 0.293. The molecule has 0 bridgehead atoms. The Morgan fingerprint density at radius 3 is 2.79 bits per heavy atom. The molecule has 0 aliphatic carbocycles. The van der Waals surface area contributed by atoms with E-state index in [0.29, 0.717) is 18.7 Å². The van der Waals surface area contributed by atoms with E-state index in [2.05, 4.69) is 5.32 Å². The number of piperidine rings is 1. The zero-order chi connectivity index (χ0) is 14.0. The van der Waals surface area contributed by atoms with Crippen LogP contribution in [-0.4, -0.2) is 38.9 Å². The van der Waals surface area contributed by atoms with Crippen molar-refractivity contribution in [2.24, 2.45) is 0 Å². The fourth-order valence-electron chi connectivity index (χ4n) is 2.28. The van der Waals surface area contributed by atoms with E-state index >= 15 is 0 Å². The number of hydrogen-bond acceptors (Lipinski definition) is 3. The molecule has 1 aliphatic rings. The SMILES string of the molecule is CN[C@H]1CCCN(S(=O)(=O)c2ccc(C)c(F)c2)C1. The van der Waals surface area contributed by atoms with Gasteiger partial charge in [0.25, 0.3) is 0 Å². The smallest absolute Gasteiger partial charge is 0.243 e. The van der Waals surface area contributed by atoms with E-state index in [1.165, 1.54) is 16.4 Å². The fraction of sp³-hybridized carbons (Fsp3) is 0.538. The zero-order valence-corrected chi connectivity index (χ0v) is 12.0. The molecule has 1 N–H and O–H groups in total. The van der Waals surface area contributed by atoms with Crippen molar-refractivity contribution < 1.29 is 12.8 Å². The third-order valence-corrected chi connectivity index (χ3v) is 5.43. The highest BCUT2D eigenvalue weighted by molar-refractivity contribution is 7.89. The third kappa shape index (κ3) is 2.96. The number of halogens is 1. The predicted octanol–water partition coefficient (Wildman–Crippen LogP) is 1.51. The van der Waals surface area contributed by atoms with Crippen LogP contribution in [0.15, 0.2) is 23.1 Å². The maximum atomic E-state index is 13.5. The average Bonchev–Trinajstić information content (AvgIpc) is 2.41. The van der Waals surface area contributed by atoms with Gasteiger partial charge < -0.3 is 5.32 Å². The largest absolute Gasteiger partial charge is 0.316 e. The molecule has 1 atom stereocenters. The van der Waals surface area contributed by atoms with E-state index < -0.39 is 15.8 Å². The van der Waals surface area contributed by atoms with Gasteiger partial charge in [0, 0.05) is 19.1 Å². The first-order valence-electron chi connectivity index (χ1n) is 6.38. The Kier molecular flexibility index (Phi) is 4.23. The normalized spacial score (nSPS) is 21.5. The van der Waals surface area contributed by atoms with Gasteiger partial charge in [-0.25, -0.2) is 12.8 Å². The van der Waals surface area contributed by atoms with Crippen LogP contribution in [0.3, 0.4) is 0 Å². The summed E-state index contributed by atoms with van der Waals surface area (Å²) >= 11 is 0. The number of aryl methyl sites for hydroxylation is 1. The van der Waals surface area contributed by atoms with Crippen LogP contribution >= 0.6 is 0 Å². The topological polar surface area (TPSA) is 49.4 Å². The summed E-state index contributed by atoms with van der Waals surface area (Å²) in [5.41, 5.74) is 0.450. The summed E-state index contributed by atoms with van der Waals surface area (Å²) in [4.78, 5) is 0.0346. The molecule has 1 aliphatic heterocycles. The van der Waals surface area contributed by atoms with Gasteiger partial charge in [-0.15, -0.1) is 0 Å². The third-order valence-electron chi connectivity index (χ3n) is 3.57. The number of likely N-dealkylation sites (N-methyl/N-ethyl adjacent to an activating group) is 1. The second-order valence-corrected chi connectivity index (χ2v) is 6.84. The molecule has 0 radical (unpaired) electrons. The second-order valence-electron chi connectivity index (χ2n) is 4.90. The quantitative estimate of drug-likeness (QED) is 0.916. The summed E-state index contributed by atoms with van der Waals surface area (Å²) in [7, 11) is -1.77. The number of rotatable bonds is 3. The lowest BCUT2D eigenvalue weighted by Crippen LogP contribution is -2.46. The monoisotopic (exact) mass is 286 g/mol. The summed E-state index contributed by atoms with van der Waals surface area (Å²) in [5, 5.41) is 3.10. The summed E-state index contributed by atoms with van der Waals surface area (Å²) in [5.74, 6) is -0.483. The zero-order valence-electron chi connectivity index (χ0n) is 11.2. The Morgan fingerprint density at radius 2 is 2.16 bits per heavy atom. The van der Waals surface area contributed by atoms with Crippen LogP contribution < -0.4 is 5.32 Å².